The molecule has 2 aliphatic heterocycles. The molecule has 0 saturated carbocycles. The highest BCUT2D eigenvalue weighted by atomic mass is 16.5. The quantitative estimate of drug-likeness (QED) is 0.759. The van der Waals surface area contributed by atoms with Gasteiger partial charge in [-0.25, -0.2) is 4.98 Å². The van der Waals surface area contributed by atoms with Crippen LogP contribution in [-0.2, 0) is 25.7 Å². The summed E-state index contributed by atoms with van der Waals surface area (Å²) >= 11 is 0. The summed E-state index contributed by atoms with van der Waals surface area (Å²) in [7, 11) is 1.98. The summed E-state index contributed by atoms with van der Waals surface area (Å²) in [6.07, 6.45) is 5.94. The lowest BCUT2D eigenvalue weighted by Gasteiger charge is -2.44. The summed E-state index contributed by atoms with van der Waals surface area (Å²) < 4.78 is 9.50. The Morgan fingerprint density at radius 2 is 2.07 bits per heavy atom. The van der Waals surface area contributed by atoms with Crippen molar-refractivity contribution in [2.45, 2.75) is 38.4 Å². The number of fused-ring (bicyclic) bond motifs is 2. The minimum absolute atomic E-state index is 0.0364. The number of aryl methyl sites for hydroxylation is 2. The molecule has 3 aromatic heterocycles. The van der Waals surface area contributed by atoms with Crippen molar-refractivity contribution < 1.29 is 4.52 Å². The van der Waals surface area contributed by atoms with Crippen molar-refractivity contribution >= 4 is 0 Å². The zero-order chi connectivity index (χ0) is 18.4. The molecule has 1 fully saturated rings. The van der Waals surface area contributed by atoms with Crippen LogP contribution >= 0.6 is 0 Å². The number of piperidine rings is 1. The Morgan fingerprint density at radius 1 is 1.22 bits per heavy atom. The van der Waals surface area contributed by atoms with Crippen LogP contribution in [0, 0.1) is 6.92 Å². The van der Waals surface area contributed by atoms with E-state index in [1.54, 1.807) is 0 Å². The Bertz CT molecular complexity index is 945. The molecule has 0 bridgehead atoms. The van der Waals surface area contributed by atoms with Crippen LogP contribution in [0.25, 0.3) is 11.4 Å². The van der Waals surface area contributed by atoms with E-state index in [2.05, 4.69) is 31.1 Å². The predicted octanol–water partition coefficient (Wildman–Crippen LogP) is 1.67. The molecule has 1 N–H and O–H groups in total. The topological polar surface area (TPSA) is 76.9 Å². The first-order valence-corrected chi connectivity index (χ1v) is 9.59. The molecule has 5 rings (SSSR count). The van der Waals surface area contributed by atoms with Gasteiger partial charge in [-0.3, -0.25) is 9.58 Å². The van der Waals surface area contributed by atoms with Crippen LogP contribution in [0.15, 0.2) is 29.0 Å². The Morgan fingerprint density at radius 3 is 2.78 bits per heavy atom. The van der Waals surface area contributed by atoms with Gasteiger partial charge in [-0.2, -0.15) is 5.10 Å². The molecule has 1 spiro atoms. The van der Waals surface area contributed by atoms with Gasteiger partial charge >= 0.3 is 0 Å². The van der Waals surface area contributed by atoms with Crippen LogP contribution in [0.1, 0.15) is 30.1 Å². The number of nitrogens with zero attached hydrogens (tertiary/aromatic N) is 6. The molecular weight excluding hydrogens is 342 g/mol. The van der Waals surface area contributed by atoms with E-state index in [-0.39, 0.29) is 5.54 Å². The highest BCUT2D eigenvalue weighted by Gasteiger charge is 2.42. The second kappa shape index (κ2) is 6.31. The van der Waals surface area contributed by atoms with Gasteiger partial charge in [0, 0.05) is 52.0 Å². The minimum Gasteiger partial charge on any atom is -0.361 e. The first-order chi connectivity index (χ1) is 13.1. The van der Waals surface area contributed by atoms with Crippen molar-refractivity contribution in [2.75, 3.05) is 19.6 Å². The average molecular weight is 367 g/mol. The third-order valence-electron chi connectivity index (χ3n) is 5.94. The number of nitrogens with one attached hydrogen (secondary N) is 1. The smallest absolute Gasteiger partial charge is 0.133 e. The SMILES string of the molecule is Cc1cc(CN2CCC3(CC2)NCCn2c(-c4ccnn4C)cnc23)no1. The molecule has 2 aliphatic rings. The van der Waals surface area contributed by atoms with Crippen molar-refractivity contribution in [1.82, 2.24) is 34.7 Å². The maximum absolute atomic E-state index is 5.20. The fraction of sp³-hybridized carbons (Fsp3) is 0.526. The Hall–Kier alpha value is -2.45. The van der Waals surface area contributed by atoms with Crippen molar-refractivity contribution in [3.63, 3.8) is 0 Å². The number of hydrogen-bond donors (Lipinski definition) is 1. The van der Waals surface area contributed by atoms with E-state index in [0.29, 0.717) is 0 Å². The molecule has 5 heterocycles. The number of rotatable bonds is 3. The summed E-state index contributed by atoms with van der Waals surface area (Å²) in [5, 5.41) is 12.2. The molecule has 8 nitrogen and oxygen atoms in total. The standard InChI is InChI=1S/C19H25N7O/c1-14-11-15(23-27-14)13-25-8-4-19(5-9-25)18-20-12-17(26(18)10-7-21-19)16-3-6-22-24(16)2/h3,6,11-12,21H,4-5,7-10,13H2,1-2H3. The van der Waals surface area contributed by atoms with E-state index >= 15 is 0 Å². The van der Waals surface area contributed by atoms with Gasteiger partial charge in [-0.05, 0) is 25.8 Å². The molecular formula is C19H25N7O. The molecule has 3 aromatic rings. The highest BCUT2D eigenvalue weighted by molar-refractivity contribution is 5.55. The van der Waals surface area contributed by atoms with Gasteiger partial charge in [0.05, 0.1) is 28.8 Å². The van der Waals surface area contributed by atoms with Gasteiger partial charge < -0.3 is 14.4 Å². The summed E-state index contributed by atoms with van der Waals surface area (Å²) in [6, 6.07) is 4.08. The first-order valence-electron chi connectivity index (χ1n) is 9.59. The van der Waals surface area contributed by atoms with Crippen LogP contribution < -0.4 is 5.32 Å². The largest absolute Gasteiger partial charge is 0.361 e. The molecule has 27 heavy (non-hydrogen) atoms. The van der Waals surface area contributed by atoms with E-state index in [1.165, 1.54) is 5.82 Å². The zero-order valence-corrected chi connectivity index (χ0v) is 15.9. The Balaban J connectivity index is 1.37. The average Bonchev–Trinajstić information content (AvgIpc) is 3.38. The highest BCUT2D eigenvalue weighted by Crippen LogP contribution is 2.36. The van der Waals surface area contributed by atoms with Crippen LogP contribution in [0.3, 0.4) is 0 Å². The van der Waals surface area contributed by atoms with E-state index in [1.807, 2.05) is 37.1 Å². The number of aromatic nitrogens is 5. The van der Waals surface area contributed by atoms with Crippen molar-refractivity contribution in [3.05, 3.63) is 41.8 Å². The van der Waals surface area contributed by atoms with Gasteiger partial charge in [-0.1, -0.05) is 5.16 Å². The Kier molecular flexibility index (Phi) is 3.91. The van der Waals surface area contributed by atoms with Crippen LogP contribution in [0.4, 0.5) is 0 Å². The number of hydrogen-bond acceptors (Lipinski definition) is 6. The lowest BCUT2D eigenvalue weighted by atomic mass is 9.85. The molecule has 142 valence electrons. The van der Waals surface area contributed by atoms with E-state index in [4.69, 9.17) is 9.51 Å². The second-order valence-electron chi connectivity index (χ2n) is 7.67. The van der Waals surface area contributed by atoms with Crippen LogP contribution in [0.5, 0.6) is 0 Å². The summed E-state index contributed by atoms with van der Waals surface area (Å²) in [5.74, 6) is 2.04. The maximum atomic E-state index is 5.20. The monoisotopic (exact) mass is 367 g/mol. The van der Waals surface area contributed by atoms with E-state index in [0.717, 1.165) is 68.4 Å². The fourth-order valence-electron chi connectivity index (χ4n) is 4.51. The normalized spacial score (nSPS) is 19.5. The predicted molar refractivity (Wildman–Crippen MR) is 99.9 cm³/mol. The van der Waals surface area contributed by atoms with Crippen LogP contribution in [-0.4, -0.2) is 49.0 Å². The third-order valence-corrected chi connectivity index (χ3v) is 5.94. The molecule has 0 aliphatic carbocycles. The lowest BCUT2D eigenvalue weighted by molar-refractivity contribution is 0.107. The van der Waals surface area contributed by atoms with E-state index in [9.17, 15) is 0 Å². The van der Waals surface area contributed by atoms with Crippen molar-refractivity contribution in [1.29, 1.82) is 0 Å². The molecule has 0 aromatic carbocycles. The van der Waals surface area contributed by atoms with Gasteiger partial charge in [0.1, 0.15) is 11.6 Å². The molecule has 0 radical (unpaired) electrons. The molecule has 0 atom stereocenters. The van der Waals surface area contributed by atoms with Crippen molar-refractivity contribution in [3.8, 4) is 11.4 Å². The van der Waals surface area contributed by atoms with Crippen molar-refractivity contribution in [2.24, 2.45) is 7.05 Å². The fourth-order valence-corrected chi connectivity index (χ4v) is 4.51. The second-order valence-corrected chi connectivity index (χ2v) is 7.67. The van der Waals surface area contributed by atoms with Gasteiger partial charge in [0.2, 0.25) is 0 Å². The maximum Gasteiger partial charge on any atom is 0.133 e. The summed E-state index contributed by atoms with van der Waals surface area (Å²) in [4.78, 5) is 7.31. The van der Waals surface area contributed by atoms with E-state index < -0.39 is 0 Å². The molecule has 8 heteroatoms. The molecule has 0 amide bonds. The lowest BCUT2D eigenvalue weighted by Crippen LogP contribution is -2.55. The minimum atomic E-state index is -0.0364. The van der Waals surface area contributed by atoms with Gasteiger partial charge in [0.15, 0.2) is 0 Å². The van der Waals surface area contributed by atoms with Crippen LogP contribution in [0.2, 0.25) is 0 Å². The number of imidazole rings is 1. The molecule has 1 saturated heterocycles. The third kappa shape index (κ3) is 2.80. The Labute approximate surface area is 158 Å². The molecule has 0 unspecified atom stereocenters. The zero-order valence-electron chi connectivity index (χ0n) is 15.9. The summed E-state index contributed by atoms with van der Waals surface area (Å²) in [6.45, 7) is 6.74. The number of likely N-dealkylation sites (tertiary alicyclic amines) is 1. The first kappa shape index (κ1) is 16.7. The summed E-state index contributed by atoms with van der Waals surface area (Å²) in [5.41, 5.74) is 3.25. The van der Waals surface area contributed by atoms with Gasteiger partial charge in [-0.15, -0.1) is 0 Å². The van der Waals surface area contributed by atoms with Gasteiger partial charge in [0.25, 0.3) is 0 Å².